The van der Waals surface area contributed by atoms with Gasteiger partial charge in [0.05, 0.1) is 0 Å². The van der Waals surface area contributed by atoms with E-state index in [1.165, 1.54) is 11.1 Å². The van der Waals surface area contributed by atoms with E-state index in [1.807, 2.05) is 6.92 Å². The largest absolute Gasteiger partial charge is 0.477 e. The van der Waals surface area contributed by atoms with Crippen molar-refractivity contribution in [2.45, 2.75) is 53.4 Å². The van der Waals surface area contributed by atoms with Gasteiger partial charge in [-0.05, 0) is 64.8 Å². The molecule has 1 atom stereocenters. The van der Waals surface area contributed by atoms with E-state index in [-0.39, 0.29) is 5.75 Å². The second kappa shape index (κ2) is 11.5. The van der Waals surface area contributed by atoms with Crippen LogP contribution in [0.25, 0.3) is 0 Å². The Morgan fingerprint density at radius 1 is 0.917 bits per heavy atom. The van der Waals surface area contributed by atoms with Gasteiger partial charge < -0.3 is 14.7 Å². The zero-order chi connectivity index (χ0) is 18.8. The summed E-state index contributed by atoms with van der Waals surface area (Å²) in [7, 11) is -4.96. The average molecular weight is 398 g/mol. The van der Waals surface area contributed by atoms with Crippen LogP contribution in [-0.2, 0) is 13.4 Å². The highest BCUT2D eigenvalue weighted by atomic mass is 32.7. The van der Waals surface area contributed by atoms with Gasteiger partial charge in [0, 0.05) is 5.75 Å². The maximum Gasteiger partial charge on any atom is 0.477 e. The highest BCUT2D eigenvalue weighted by molar-refractivity contribution is 8.55. The van der Waals surface area contributed by atoms with Crippen LogP contribution < -0.4 is 0 Å². The lowest BCUT2D eigenvalue weighted by molar-refractivity contribution is 0.270. The van der Waals surface area contributed by atoms with Crippen molar-refractivity contribution in [2.75, 3.05) is 5.75 Å². The summed E-state index contributed by atoms with van der Waals surface area (Å²) in [6.45, 7) is 3.85. The summed E-state index contributed by atoms with van der Waals surface area (Å²) < 4.78 is 25.9. The van der Waals surface area contributed by atoms with E-state index in [0.29, 0.717) is 11.4 Å². The molecular weight excluding hydrogens is 370 g/mol. The molecule has 0 bridgehead atoms. The fourth-order valence-electron chi connectivity index (χ4n) is 1.77. The van der Waals surface area contributed by atoms with E-state index in [4.69, 9.17) is 9.79 Å². The molecule has 0 aromatic heterocycles. The van der Waals surface area contributed by atoms with Gasteiger partial charge in [-0.3, -0.25) is 0 Å². The zero-order valence-corrected chi connectivity index (χ0v) is 17.2. The van der Waals surface area contributed by atoms with E-state index >= 15 is 0 Å². The third-order valence-electron chi connectivity index (χ3n) is 3.00. The van der Waals surface area contributed by atoms with Crippen LogP contribution in [0, 0.1) is 0 Å². The van der Waals surface area contributed by atoms with Gasteiger partial charge in [-0.15, -0.1) is 0 Å². The molecule has 24 heavy (non-hydrogen) atoms. The van der Waals surface area contributed by atoms with Crippen molar-refractivity contribution in [3.05, 3.63) is 34.9 Å². The first-order valence-corrected chi connectivity index (χ1v) is 12.3. The van der Waals surface area contributed by atoms with Gasteiger partial charge in [0.1, 0.15) is 0 Å². The first kappa shape index (κ1) is 23.9. The van der Waals surface area contributed by atoms with Crippen molar-refractivity contribution in [2.24, 2.45) is 0 Å². The van der Waals surface area contributed by atoms with Crippen LogP contribution in [0.3, 0.4) is 0 Å². The van der Waals surface area contributed by atoms with Crippen LogP contribution >= 0.6 is 26.0 Å². The molecule has 9 heteroatoms. The Bertz CT molecular complexity index is 573. The highest BCUT2D eigenvalue weighted by Crippen LogP contribution is 2.64. The van der Waals surface area contributed by atoms with Crippen molar-refractivity contribution < 1.29 is 28.1 Å². The van der Waals surface area contributed by atoms with Gasteiger partial charge in [0.25, 0.3) is 0 Å². The van der Waals surface area contributed by atoms with Crippen molar-refractivity contribution in [3.63, 3.8) is 0 Å². The molecule has 0 aromatic rings. The van der Waals surface area contributed by atoms with Gasteiger partial charge >= 0.3 is 14.6 Å². The summed E-state index contributed by atoms with van der Waals surface area (Å²) in [6, 6.07) is 0. The topological polar surface area (TPSA) is 104 Å². The Morgan fingerprint density at radius 3 is 1.92 bits per heavy atom. The summed E-state index contributed by atoms with van der Waals surface area (Å²) in [5.74, 6) is 0.156. The van der Waals surface area contributed by atoms with Crippen molar-refractivity contribution in [1.29, 1.82) is 0 Å². The maximum absolute atomic E-state index is 11.4. The summed E-state index contributed by atoms with van der Waals surface area (Å²) in [5.41, 5.74) is 3.71. The van der Waals surface area contributed by atoms with E-state index in [0.717, 1.165) is 31.3 Å². The fourth-order valence-corrected chi connectivity index (χ4v) is 5.58. The van der Waals surface area contributed by atoms with Crippen LogP contribution in [-0.4, -0.2) is 20.4 Å². The van der Waals surface area contributed by atoms with Crippen molar-refractivity contribution in [1.82, 2.24) is 0 Å². The highest BCUT2D eigenvalue weighted by Gasteiger charge is 2.30. The molecule has 140 valence electrons. The molecule has 1 unspecified atom stereocenters. The van der Waals surface area contributed by atoms with Gasteiger partial charge in [0.15, 0.2) is 0 Å². The number of hydrogen-bond donors (Lipinski definition) is 3. The van der Waals surface area contributed by atoms with Crippen LogP contribution in [0.1, 0.15) is 53.4 Å². The third-order valence-corrected chi connectivity index (χ3v) is 7.35. The zero-order valence-electron chi connectivity index (χ0n) is 14.6. The number of hydrogen-bond acceptors (Lipinski definition) is 4. The Labute approximate surface area is 148 Å². The molecule has 0 aliphatic carbocycles. The van der Waals surface area contributed by atoms with Gasteiger partial charge in [0.2, 0.25) is 0 Å². The first-order chi connectivity index (χ1) is 10.9. The predicted molar refractivity (Wildman–Crippen MR) is 101 cm³/mol. The molecule has 0 rings (SSSR count). The first-order valence-electron chi connectivity index (χ1n) is 7.60. The minimum absolute atomic E-state index is 0.156. The Morgan fingerprint density at radius 2 is 1.42 bits per heavy atom. The van der Waals surface area contributed by atoms with E-state index in [9.17, 15) is 14.0 Å². The minimum Gasteiger partial charge on any atom is -0.316 e. The molecule has 0 saturated carbocycles. The lowest BCUT2D eigenvalue weighted by Crippen LogP contribution is -1.86. The third kappa shape index (κ3) is 15.4. The maximum atomic E-state index is 11.4. The van der Waals surface area contributed by atoms with Gasteiger partial charge in [-0.2, -0.15) is 4.31 Å². The number of rotatable bonds is 11. The predicted octanol–water partition coefficient (Wildman–Crippen LogP) is 5.35. The normalized spacial score (nSPS) is 16.0. The summed E-state index contributed by atoms with van der Waals surface area (Å²) in [4.78, 5) is 26.4. The molecule has 0 aliphatic heterocycles. The standard InChI is InChI=1S/C15H28O6P2S/c1-13(2)7-5-8-14(3)9-6-10-15(4)11-12-24-23(19,20)21-22(16,17)18/h7,9,11H,5-6,8,10,12H2,1-4H3,(H,19,20)(H2,16,17,18)/b14-9-,15-11-. The molecule has 0 heterocycles. The monoisotopic (exact) mass is 398 g/mol. The van der Waals surface area contributed by atoms with Gasteiger partial charge in [-0.1, -0.05) is 34.9 Å². The molecule has 0 aliphatic rings. The Balaban J connectivity index is 4.18. The van der Waals surface area contributed by atoms with E-state index in [2.05, 4.69) is 37.2 Å². The Hall–Kier alpha value is -0.130. The van der Waals surface area contributed by atoms with Crippen molar-refractivity contribution in [3.8, 4) is 0 Å². The number of phosphoric acid groups is 1. The molecule has 6 nitrogen and oxygen atoms in total. The number of allylic oxidation sites excluding steroid dienone is 5. The van der Waals surface area contributed by atoms with Crippen LogP contribution in [0.4, 0.5) is 0 Å². The second-order valence-corrected chi connectivity index (χ2v) is 11.1. The molecular formula is C15H28O6P2S. The lowest BCUT2D eigenvalue weighted by atomic mass is 10.1. The molecule has 3 N–H and O–H groups in total. The van der Waals surface area contributed by atoms with Gasteiger partial charge in [-0.25, -0.2) is 9.13 Å². The fraction of sp³-hybridized carbons (Fsp3) is 0.600. The molecule has 0 fully saturated rings. The molecule has 0 spiro atoms. The van der Waals surface area contributed by atoms with Crippen LogP contribution in [0.2, 0.25) is 0 Å². The summed E-state index contributed by atoms with van der Waals surface area (Å²) in [5, 5.41) is 0. The van der Waals surface area contributed by atoms with Crippen molar-refractivity contribution >= 4 is 26.0 Å². The van der Waals surface area contributed by atoms with E-state index in [1.54, 1.807) is 6.08 Å². The molecule has 0 amide bonds. The smallest absolute Gasteiger partial charge is 0.316 e. The summed E-state index contributed by atoms with van der Waals surface area (Å²) in [6.07, 6.45) is 9.98. The second-order valence-electron chi connectivity index (χ2n) is 5.80. The lowest BCUT2D eigenvalue weighted by Gasteiger charge is -2.10. The van der Waals surface area contributed by atoms with E-state index < -0.39 is 14.6 Å². The molecule has 0 aromatic carbocycles. The summed E-state index contributed by atoms with van der Waals surface area (Å²) >= 11 is 0.486. The minimum atomic E-state index is -4.96. The average Bonchev–Trinajstić information content (AvgIpc) is 2.34. The SMILES string of the molecule is CC(C)=CCC/C(C)=C\CC/C(C)=C\CSP(=O)(O)OP(=O)(O)O. The van der Waals surface area contributed by atoms with Crippen LogP contribution in [0.5, 0.6) is 0 Å². The molecule has 0 saturated heterocycles. The Kier molecular flexibility index (Phi) is 11.4. The molecule has 0 radical (unpaired) electrons. The quantitative estimate of drug-likeness (QED) is 0.318. The van der Waals surface area contributed by atoms with Crippen LogP contribution in [0.15, 0.2) is 34.9 Å².